The Labute approximate surface area is 117 Å². The van der Waals surface area contributed by atoms with Crippen LogP contribution in [0.15, 0.2) is 34.5 Å². The molecule has 108 valence electrons. The number of halogens is 1. The van der Waals surface area contributed by atoms with Gasteiger partial charge in [0.05, 0.1) is 6.33 Å². The Morgan fingerprint density at radius 2 is 2.30 bits per heavy atom. The number of rotatable bonds is 7. The molecule has 0 saturated heterocycles. The number of benzene rings is 1. The first kappa shape index (κ1) is 14.4. The molecule has 0 bridgehead atoms. The van der Waals surface area contributed by atoms with Gasteiger partial charge in [-0.2, -0.15) is 4.98 Å². The fourth-order valence-corrected chi connectivity index (χ4v) is 1.69. The van der Waals surface area contributed by atoms with Gasteiger partial charge in [-0.05, 0) is 30.5 Å². The van der Waals surface area contributed by atoms with E-state index in [0.29, 0.717) is 35.7 Å². The fourth-order valence-electron chi connectivity index (χ4n) is 1.69. The summed E-state index contributed by atoms with van der Waals surface area (Å²) in [5.41, 5.74) is 2.05. The molecule has 0 spiro atoms. The van der Waals surface area contributed by atoms with Crippen molar-refractivity contribution >= 4 is 17.1 Å². The molecule has 4 nitrogen and oxygen atoms in total. The Morgan fingerprint density at radius 1 is 1.45 bits per heavy atom. The highest BCUT2D eigenvalue weighted by atomic mass is 19.1. The SMILES string of the molecule is CCCNc1nc2ccc(OCC(=CF)CC)cc2o1. The highest BCUT2D eigenvalue weighted by molar-refractivity contribution is 5.76. The van der Waals surface area contributed by atoms with E-state index >= 15 is 0 Å². The molecule has 0 amide bonds. The molecule has 0 fully saturated rings. The number of hydrogen-bond donors (Lipinski definition) is 1. The predicted octanol–water partition coefficient (Wildman–Crippen LogP) is 4.29. The van der Waals surface area contributed by atoms with E-state index in [1.54, 1.807) is 12.1 Å². The van der Waals surface area contributed by atoms with Crippen LogP contribution in [-0.4, -0.2) is 18.1 Å². The Hall–Kier alpha value is -2.04. The number of nitrogens with zero attached hydrogens (tertiary/aromatic N) is 1. The molecular formula is C15H19FN2O2. The van der Waals surface area contributed by atoms with E-state index in [2.05, 4.69) is 17.2 Å². The minimum atomic E-state index is 0.244. The molecule has 1 aromatic carbocycles. The van der Waals surface area contributed by atoms with E-state index in [1.165, 1.54) is 0 Å². The van der Waals surface area contributed by atoms with Crippen LogP contribution in [0.1, 0.15) is 26.7 Å². The largest absolute Gasteiger partial charge is 0.489 e. The zero-order chi connectivity index (χ0) is 14.4. The summed E-state index contributed by atoms with van der Waals surface area (Å²) >= 11 is 0. The van der Waals surface area contributed by atoms with E-state index < -0.39 is 0 Å². The van der Waals surface area contributed by atoms with Crippen molar-refractivity contribution in [1.82, 2.24) is 4.98 Å². The van der Waals surface area contributed by atoms with Crippen LogP contribution in [0.25, 0.3) is 11.1 Å². The van der Waals surface area contributed by atoms with Crippen LogP contribution in [0.2, 0.25) is 0 Å². The molecule has 0 aliphatic heterocycles. The molecule has 0 atom stereocenters. The molecule has 0 radical (unpaired) electrons. The lowest BCUT2D eigenvalue weighted by molar-refractivity contribution is 0.345. The summed E-state index contributed by atoms with van der Waals surface area (Å²) in [6.45, 7) is 5.02. The van der Waals surface area contributed by atoms with Gasteiger partial charge in [-0.15, -0.1) is 0 Å². The maximum absolute atomic E-state index is 12.5. The lowest BCUT2D eigenvalue weighted by Crippen LogP contribution is -1.99. The highest BCUT2D eigenvalue weighted by Crippen LogP contribution is 2.24. The molecule has 5 heteroatoms. The summed E-state index contributed by atoms with van der Waals surface area (Å²) in [6, 6.07) is 5.91. The zero-order valence-corrected chi connectivity index (χ0v) is 11.8. The maximum atomic E-state index is 12.5. The molecule has 0 aliphatic rings. The van der Waals surface area contributed by atoms with Crippen LogP contribution < -0.4 is 10.1 Å². The Morgan fingerprint density at radius 3 is 3.00 bits per heavy atom. The van der Waals surface area contributed by atoms with Crippen molar-refractivity contribution in [3.8, 4) is 5.75 Å². The molecule has 0 saturated carbocycles. The van der Waals surface area contributed by atoms with Gasteiger partial charge in [-0.3, -0.25) is 0 Å². The molecule has 2 aromatic rings. The van der Waals surface area contributed by atoms with E-state index in [9.17, 15) is 4.39 Å². The van der Waals surface area contributed by atoms with Crippen LogP contribution in [0, 0.1) is 0 Å². The summed E-state index contributed by atoms with van der Waals surface area (Å²) in [5, 5.41) is 3.09. The summed E-state index contributed by atoms with van der Waals surface area (Å²) in [7, 11) is 0. The average molecular weight is 278 g/mol. The minimum Gasteiger partial charge on any atom is -0.489 e. The molecule has 2 rings (SSSR count). The first-order valence-electron chi connectivity index (χ1n) is 6.82. The van der Waals surface area contributed by atoms with Crippen LogP contribution in [-0.2, 0) is 0 Å². The van der Waals surface area contributed by atoms with Crippen LogP contribution >= 0.6 is 0 Å². The van der Waals surface area contributed by atoms with Crippen LogP contribution in [0.3, 0.4) is 0 Å². The number of nitrogens with one attached hydrogen (secondary N) is 1. The van der Waals surface area contributed by atoms with Crippen LogP contribution in [0.4, 0.5) is 10.4 Å². The normalized spacial score (nSPS) is 11.8. The maximum Gasteiger partial charge on any atom is 0.295 e. The van der Waals surface area contributed by atoms with E-state index in [-0.39, 0.29) is 6.61 Å². The first-order chi connectivity index (χ1) is 9.76. The second kappa shape index (κ2) is 6.93. The Balaban J connectivity index is 2.08. The third kappa shape index (κ3) is 3.50. The van der Waals surface area contributed by atoms with Crippen molar-refractivity contribution in [2.24, 2.45) is 0 Å². The Bertz CT molecular complexity index is 593. The van der Waals surface area contributed by atoms with Gasteiger partial charge >= 0.3 is 0 Å². The minimum absolute atomic E-state index is 0.244. The van der Waals surface area contributed by atoms with Gasteiger partial charge in [-0.1, -0.05) is 13.8 Å². The number of anilines is 1. The molecule has 0 aliphatic carbocycles. The smallest absolute Gasteiger partial charge is 0.295 e. The van der Waals surface area contributed by atoms with Crippen molar-refractivity contribution in [3.05, 3.63) is 30.1 Å². The van der Waals surface area contributed by atoms with Crippen molar-refractivity contribution in [1.29, 1.82) is 0 Å². The topological polar surface area (TPSA) is 47.3 Å². The van der Waals surface area contributed by atoms with Crippen molar-refractivity contribution in [2.45, 2.75) is 26.7 Å². The molecule has 1 aromatic heterocycles. The predicted molar refractivity (Wildman–Crippen MR) is 77.8 cm³/mol. The van der Waals surface area contributed by atoms with E-state index in [1.807, 2.05) is 13.0 Å². The molecule has 1 heterocycles. The number of aromatic nitrogens is 1. The third-order valence-corrected chi connectivity index (χ3v) is 2.92. The monoisotopic (exact) mass is 278 g/mol. The van der Waals surface area contributed by atoms with Gasteiger partial charge in [0.15, 0.2) is 5.58 Å². The average Bonchev–Trinajstić information content (AvgIpc) is 2.88. The van der Waals surface area contributed by atoms with E-state index in [4.69, 9.17) is 9.15 Å². The van der Waals surface area contributed by atoms with Gasteiger partial charge in [0.1, 0.15) is 17.9 Å². The lowest BCUT2D eigenvalue weighted by atomic mass is 10.2. The second-order valence-corrected chi connectivity index (χ2v) is 4.48. The number of hydrogen-bond acceptors (Lipinski definition) is 4. The number of oxazole rings is 1. The molecular weight excluding hydrogens is 259 g/mol. The van der Waals surface area contributed by atoms with Gasteiger partial charge in [0, 0.05) is 12.6 Å². The zero-order valence-electron chi connectivity index (χ0n) is 11.8. The van der Waals surface area contributed by atoms with Gasteiger partial charge in [0.25, 0.3) is 6.01 Å². The highest BCUT2D eigenvalue weighted by Gasteiger charge is 2.07. The standard InChI is InChI=1S/C15H19FN2O2/c1-3-7-17-15-18-13-6-5-12(8-14(13)20-15)19-10-11(4-2)9-16/h5-6,8-9H,3-4,7,10H2,1-2H3,(H,17,18). The molecule has 1 N–H and O–H groups in total. The quantitative estimate of drug-likeness (QED) is 0.820. The summed E-state index contributed by atoms with van der Waals surface area (Å²) < 4.78 is 23.6. The van der Waals surface area contributed by atoms with Crippen molar-refractivity contribution in [3.63, 3.8) is 0 Å². The summed E-state index contributed by atoms with van der Waals surface area (Å²) in [6.07, 6.45) is 2.23. The van der Waals surface area contributed by atoms with Crippen LogP contribution in [0.5, 0.6) is 5.75 Å². The second-order valence-electron chi connectivity index (χ2n) is 4.48. The Kier molecular flexibility index (Phi) is 4.98. The molecule has 20 heavy (non-hydrogen) atoms. The third-order valence-electron chi connectivity index (χ3n) is 2.92. The lowest BCUT2D eigenvalue weighted by Gasteiger charge is -2.06. The van der Waals surface area contributed by atoms with Gasteiger partial charge in [0.2, 0.25) is 0 Å². The van der Waals surface area contributed by atoms with Gasteiger partial charge in [-0.25, -0.2) is 4.39 Å². The summed E-state index contributed by atoms with van der Waals surface area (Å²) in [4.78, 5) is 4.31. The van der Waals surface area contributed by atoms with E-state index in [0.717, 1.165) is 18.5 Å². The molecule has 0 unspecified atom stereocenters. The number of ether oxygens (including phenoxy) is 1. The fraction of sp³-hybridized carbons (Fsp3) is 0.400. The van der Waals surface area contributed by atoms with Crippen molar-refractivity contribution < 1.29 is 13.5 Å². The first-order valence-corrected chi connectivity index (χ1v) is 6.82. The van der Waals surface area contributed by atoms with Crippen molar-refractivity contribution in [2.75, 3.05) is 18.5 Å². The number of fused-ring (bicyclic) bond motifs is 1. The summed E-state index contributed by atoms with van der Waals surface area (Å²) in [5.74, 6) is 0.642. The van der Waals surface area contributed by atoms with Gasteiger partial charge < -0.3 is 14.5 Å².